The Labute approximate surface area is 187 Å². The molecule has 1 amide bonds. The van der Waals surface area contributed by atoms with Crippen LogP contribution in [0.15, 0.2) is 42.0 Å². The number of amides is 1. The van der Waals surface area contributed by atoms with Crippen LogP contribution in [0.1, 0.15) is 22.7 Å². The van der Waals surface area contributed by atoms with Crippen molar-refractivity contribution in [2.45, 2.75) is 13.0 Å². The van der Waals surface area contributed by atoms with Crippen molar-refractivity contribution in [3.8, 4) is 17.2 Å². The van der Waals surface area contributed by atoms with Gasteiger partial charge in [-0.15, -0.1) is 0 Å². The largest absolute Gasteiger partial charge is 0.507 e. The summed E-state index contributed by atoms with van der Waals surface area (Å²) in [6, 6.07) is 9.38. The number of aliphatic hydroxyl groups is 1. The molecule has 1 N–H and O–H groups in total. The van der Waals surface area contributed by atoms with E-state index >= 15 is 0 Å². The molecule has 0 aromatic heterocycles. The summed E-state index contributed by atoms with van der Waals surface area (Å²) in [5, 5.41) is 11.2. The minimum absolute atomic E-state index is 0.00268. The van der Waals surface area contributed by atoms with Crippen molar-refractivity contribution in [2.75, 3.05) is 41.6 Å². The fourth-order valence-corrected chi connectivity index (χ4v) is 3.85. The third-order valence-electron chi connectivity index (χ3n) is 5.47. The molecule has 1 fully saturated rings. The van der Waals surface area contributed by atoms with Crippen LogP contribution in [0.3, 0.4) is 0 Å². The molecule has 170 valence electrons. The summed E-state index contributed by atoms with van der Waals surface area (Å²) in [7, 11) is 6.10. The second-order valence-electron chi connectivity index (χ2n) is 7.28. The molecule has 8 heteroatoms. The van der Waals surface area contributed by atoms with Gasteiger partial charge in [-0.25, -0.2) is 0 Å². The summed E-state index contributed by atoms with van der Waals surface area (Å²) in [6.45, 7) is 2.25. The van der Waals surface area contributed by atoms with E-state index in [1.54, 1.807) is 43.5 Å². The third-order valence-corrected chi connectivity index (χ3v) is 5.47. The molecule has 3 rings (SSSR count). The Morgan fingerprint density at radius 3 is 2.19 bits per heavy atom. The monoisotopic (exact) mass is 441 g/mol. The number of nitrogens with zero attached hydrogens (tertiary/aromatic N) is 1. The number of ketones is 1. The van der Waals surface area contributed by atoms with E-state index in [1.165, 1.54) is 26.2 Å². The zero-order chi connectivity index (χ0) is 23.4. The van der Waals surface area contributed by atoms with Gasteiger partial charge in [-0.1, -0.05) is 6.07 Å². The van der Waals surface area contributed by atoms with Crippen LogP contribution >= 0.6 is 0 Å². The fourth-order valence-electron chi connectivity index (χ4n) is 3.85. The predicted molar refractivity (Wildman–Crippen MR) is 118 cm³/mol. The predicted octanol–water partition coefficient (Wildman–Crippen LogP) is 3.09. The van der Waals surface area contributed by atoms with Crippen LogP contribution in [0.4, 0.5) is 0 Å². The standard InChI is InChI=1S/C24H27NO7/c1-14-12-16(7-8-17(14)30-3)22(26)20-21(25(10-11-29-2)24(28)23(20)27)15-6-9-18(31-4)19(13-15)32-5/h6-9,12-13,21,26H,10-11H2,1-5H3/t21-/m0/s1. The number of aryl methyl sites for hydroxylation is 1. The molecule has 1 aliphatic rings. The smallest absolute Gasteiger partial charge is 0.295 e. The second kappa shape index (κ2) is 9.74. The lowest BCUT2D eigenvalue weighted by Gasteiger charge is -2.25. The average Bonchev–Trinajstić information content (AvgIpc) is 3.06. The Kier molecular flexibility index (Phi) is 7.05. The molecule has 0 bridgehead atoms. The molecule has 0 aliphatic carbocycles. The van der Waals surface area contributed by atoms with E-state index in [0.717, 1.165) is 5.56 Å². The summed E-state index contributed by atoms with van der Waals surface area (Å²) in [4.78, 5) is 27.3. The van der Waals surface area contributed by atoms with Gasteiger partial charge in [0.25, 0.3) is 11.7 Å². The normalized spacial score (nSPS) is 17.5. The molecular formula is C24H27NO7. The molecule has 1 atom stereocenters. The molecule has 2 aromatic rings. The SMILES string of the molecule is COCCN1C(=O)C(=O)C(=C(O)c2ccc(OC)c(C)c2)[C@@H]1c1ccc(OC)c(OC)c1. The number of aliphatic hydroxyl groups excluding tert-OH is 1. The van der Waals surface area contributed by atoms with E-state index in [4.69, 9.17) is 18.9 Å². The number of hydrogen-bond donors (Lipinski definition) is 1. The molecule has 32 heavy (non-hydrogen) atoms. The van der Waals surface area contributed by atoms with Crippen LogP contribution in [0, 0.1) is 6.92 Å². The molecule has 2 aromatic carbocycles. The molecule has 0 saturated carbocycles. The molecule has 0 spiro atoms. The van der Waals surface area contributed by atoms with Gasteiger partial charge in [0, 0.05) is 19.2 Å². The zero-order valence-corrected chi connectivity index (χ0v) is 18.8. The van der Waals surface area contributed by atoms with Crippen LogP contribution in [0.25, 0.3) is 5.76 Å². The number of ether oxygens (including phenoxy) is 4. The van der Waals surface area contributed by atoms with Crippen LogP contribution in [-0.2, 0) is 14.3 Å². The van der Waals surface area contributed by atoms with E-state index in [0.29, 0.717) is 28.4 Å². The molecule has 8 nitrogen and oxygen atoms in total. The second-order valence-corrected chi connectivity index (χ2v) is 7.28. The first-order chi connectivity index (χ1) is 15.4. The van der Waals surface area contributed by atoms with Crippen molar-refractivity contribution in [3.05, 3.63) is 58.7 Å². The summed E-state index contributed by atoms with van der Waals surface area (Å²) in [5.74, 6) is -0.105. The van der Waals surface area contributed by atoms with Crippen molar-refractivity contribution in [2.24, 2.45) is 0 Å². The lowest BCUT2D eigenvalue weighted by atomic mass is 9.94. The lowest BCUT2D eigenvalue weighted by molar-refractivity contribution is -0.140. The minimum Gasteiger partial charge on any atom is -0.507 e. The summed E-state index contributed by atoms with van der Waals surface area (Å²) in [5.41, 5.74) is 1.80. The third kappa shape index (κ3) is 4.13. The Morgan fingerprint density at radius 2 is 1.59 bits per heavy atom. The number of benzene rings is 2. The highest BCUT2D eigenvalue weighted by atomic mass is 16.5. The number of methoxy groups -OCH3 is 4. The first kappa shape index (κ1) is 23.1. The summed E-state index contributed by atoms with van der Waals surface area (Å²) >= 11 is 0. The Hall–Kier alpha value is -3.52. The maximum Gasteiger partial charge on any atom is 0.295 e. The van der Waals surface area contributed by atoms with E-state index in [1.807, 2.05) is 6.92 Å². The Bertz CT molecular complexity index is 1060. The quantitative estimate of drug-likeness (QED) is 0.382. The molecule has 1 aliphatic heterocycles. The van der Waals surface area contributed by atoms with E-state index in [2.05, 4.69) is 0 Å². The van der Waals surface area contributed by atoms with Crippen molar-refractivity contribution in [1.82, 2.24) is 4.90 Å². The van der Waals surface area contributed by atoms with E-state index < -0.39 is 17.7 Å². The van der Waals surface area contributed by atoms with Crippen molar-refractivity contribution >= 4 is 17.4 Å². The first-order valence-corrected chi connectivity index (χ1v) is 10.0. The maximum absolute atomic E-state index is 13.0. The topological polar surface area (TPSA) is 94.5 Å². The molecule has 0 radical (unpaired) electrons. The molecule has 1 saturated heterocycles. The molecule has 0 unspecified atom stereocenters. The highest BCUT2D eigenvalue weighted by molar-refractivity contribution is 6.46. The van der Waals surface area contributed by atoms with Crippen LogP contribution in [0.5, 0.6) is 17.2 Å². The van der Waals surface area contributed by atoms with Gasteiger partial charge in [-0.3, -0.25) is 9.59 Å². The number of rotatable bonds is 8. The Balaban J connectivity index is 2.20. The molecular weight excluding hydrogens is 414 g/mol. The highest BCUT2D eigenvalue weighted by Crippen LogP contribution is 2.42. The van der Waals surface area contributed by atoms with Crippen LogP contribution < -0.4 is 14.2 Å². The van der Waals surface area contributed by atoms with Gasteiger partial charge in [0.2, 0.25) is 0 Å². The van der Waals surface area contributed by atoms with Gasteiger partial charge < -0.3 is 29.0 Å². The van der Waals surface area contributed by atoms with Crippen LogP contribution in [-0.4, -0.2) is 63.3 Å². The van der Waals surface area contributed by atoms with Gasteiger partial charge in [-0.05, 0) is 48.4 Å². The maximum atomic E-state index is 13.0. The van der Waals surface area contributed by atoms with Crippen molar-refractivity contribution < 1.29 is 33.6 Å². The summed E-state index contributed by atoms with van der Waals surface area (Å²) in [6.07, 6.45) is 0. The van der Waals surface area contributed by atoms with E-state index in [9.17, 15) is 14.7 Å². The average molecular weight is 441 g/mol. The van der Waals surface area contributed by atoms with Crippen molar-refractivity contribution in [1.29, 1.82) is 0 Å². The zero-order valence-electron chi connectivity index (χ0n) is 18.8. The lowest BCUT2D eigenvalue weighted by Crippen LogP contribution is -2.32. The van der Waals surface area contributed by atoms with Crippen molar-refractivity contribution in [3.63, 3.8) is 0 Å². The number of carbonyl (C=O) groups excluding carboxylic acids is 2. The molecule has 1 heterocycles. The van der Waals surface area contributed by atoms with Gasteiger partial charge in [0.05, 0.1) is 39.6 Å². The van der Waals surface area contributed by atoms with E-state index in [-0.39, 0.29) is 24.5 Å². The van der Waals surface area contributed by atoms with Gasteiger partial charge in [0.1, 0.15) is 11.5 Å². The number of likely N-dealkylation sites (tertiary alicyclic amines) is 1. The van der Waals surface area contributed by atoms with Gasteiger partial charge in [0.15, 0.2) is 11.5 Å². The summed E-state index contributed by atoms with van der Waals surface area (Å²) < 4.78 is 21.1. The fraction of sp³-hybridized carbons (Fsp3) is 0.333. The van der Waals surface area contributed by atoms with Gasteiger partial charge in [-0.2, -0.15) is 0 Å². The van der Waals surface area contributed by atoms with Gasteiger partial charge >= 0.3 is 0 Å². The Morgan fingerprint density at radius 1 is 0.938 bits per heavy atom. The number of carbonyl (C=O) groups is 2. The minimum atomic E-state index is -0.813. The number of Topliss-reactive ketones (excluding diaryl/α,β-unsaturated/α-hetero) is 1. The first-order valence-electron chi connectivity index (χ1n) is 10.0. The number of hydrogen-bond acceptors (Lipinski definition) is 7. The highest BCUT2D eigenvalue weighted by Gasteiger charge is 2.46. The van der Waals surface area contributed by atoms with Crippen LogP contribution in [0.2, 0.25) is 0 Å².